The van der Waals surface area contributed by atoms with Gasteiger partial charge in [-0.2, -0.15) is 0 Å². The van der Waals surface area contributed by atoms with Crippen LogP contribution in [-0.4, -0.2) is 66.9 Å². The number of likely N-dealkylation sites (tertiary alicyclic amines) is 1. The van der Waals surface area contributed by atoms with Gasteiger partial charge >= 0.3 is 0 Å². The number of carbonyl (C=O) groups excluding carboxylic acids is 3. The molecule has 7 nitrogen and oxygen atoms in total. The zero-order chi connectivity index (χ0) is 25.2. The van der Waals surface area contributed by atoms with Crippen molar-refractivity contribution in [3.63, 3.8) is 0 Å². The predicted octanol–water partition coefficient (Wildman–Crippen LogP) is 4.15. The Morgan fingerprint density at radius 3 is 2.64 bits per heavy atom. The van der Waals surface area contributed by atoms with Gasteiger partial charge in [-0.3, -0.25) is 19.3 Å². The molecular weight excluding hydrogens is 454 g/mol. The van der Waals surface area contributed by atoms with Crippen LogP contribution in [0.25, 0.3) is 0 Å². The van der Waals surface area contributed by atoms with Crippen LogP contribution >= 0.6 is 0 Å². The van der Waals surface area contributed by atoms with E-state index in [1.54, 1.807) is 13.2 Å². The average molecular weight is 490 g/mol. The third kappa shape index (κ3) is 4.59. The van der Waals surface area contributed by atoms with Gasteiger partial charge in [-0.15, -0.1) is 0 Å². The van der Waals surface area contributed by atoms with Crippen LogP contribution < -0.4 is 9.64 Å². The first kappa shape index (κ1) is 24.3. The van der Waals surface area contributed by atoms with Gasteiger partial charge in [0.05, 0.1) is 29.8 Å². The van der Waals surface area contributed by atoms with Crippen LogP contribution in [0.15, 0.2) is 42.5 Å². The lowest BCUT2D eigenvalue weighted by molar-refractivity contribution is -0.139. The van der Waals surface area contributed by atoms with Crippen LogP contribution in [-0.2, 0) is 11.2 Å². The molecule has 2 aromatic carbocycles. The number of nitrogens with zero attached hydrogens (tertiary/aromatic N) is 3. The molecule has 0 spiro atoms. The monoisotopic (exact) mass is 489 g/mol. The van der Waals surface area contributed by atoms with Crippen LogP contribution in [0, 0.1) is 5.92 Å². The second-order valence-corrected chi connectivity index (χ2v) is 10.2. The fourth-order valence-corrected chi connectivity index (χ4v) is 5.91. The van der Waals surface area contributed by atoms with Gasteiger partial charge in [-0.25, -0.2) is 0 Å². The fourth-order valence-electron chi connectivity index (χ4n) is 5.91. The van der Waals surface area contributed by atoms with Crippen LogP contribution in [0.4, 0.5) is 5.69 Å². The molecule has 36 heavy (non-hydrogen) atoms. The molecule has 0 unspecified atom stereocenters. The van der Waals surface area contributed by atoms with Gasteiger partial charge in [0.2, 0.25) is 5.91 Å². The van der Waals surface area contributed by atoms with Gasteiger partial charge in [0, 0.05) is 32.2 Å². The molecule has 0 aromatic heterocycles. The molecule has 2 saturated heterocycles. The van der Waals surface area contributed by atoms with E-state index in [0.29, 0.717) is 36.7 Å². The average Bonchev–Trinajstić information content (AvgIpc) is 3.16. The Kier molecular flexibility index (Phi) is 6.99. The highest BCUT2D eigenvalue weighted by atomic mass is 16.5. The minimum absolute atomic E-state index is 0.0773. The summed E-state index contributed by atoms with van der Waals surface area (Å²) in [5.74, 6) is 0.428. The summed E-state index contributed by atoms with van der Waals surface area (Å²) >= 11 is 0. The van der Waals surface area contributed by atoms with Crippen LogP contribution in [0.1, 0.15) is 65.3 Å². The highest BCUT2D eigenvalue weighted by Gasteiger charge is 2.40. The summed E-state index contributed by atoms with van der Waals surface area (Å²) in [6.07, 6.45) is 5.64. The lowest BCUT2D eigenvalue weighted by Gasteiger charge is -2.40. The van der Waals surface area contributed by atoms with E-state index < -0.39 is 0 Å². The van der Waals surface area contributed by atoms with Gasteiger partial charge in [0.15, 0.2) is 0 Å². The van der Waals surface area contributed by atoms with Gasteiger partial charge in [0.1, 0.15) is 5.75 Å². The Labute approximate surface area is 213 Å². The Bertz CT molecular complexity index is 1160. The predicted molar refractivity (Wildman–Crippen MR) is 138 cm³/mol. The van der Waals surface area contributed by atoms with E-state index in [2.05, 4.69) is 16.7 Å². The molecule has 0 bridgehead atoms. The molecule has 3 amide bonds. The molecule has 3 aliphatic rings. The van der Waals surface area contributed by atoms with Crippen molar-refractivity contribution in [2.24, 2.45) is 5.92 Å². The van der Waals surface area contributed by atoms with Gasteiger partial charge in [-0.05, 0) is 75.3 Å². The zero-order valence-corrected chi connectivity index (χ0v) is 21.2. The number of benzene rings is 2. The van der Waals surface area contributed by atoms with Crippen molar-refractivity contribution in [2.45, 2.75) is 51.5 Å². The number of hydrogen-bond donors (Lipinski definition) is 0. The van der Waals surface area contributed by atoms with E-state index in [9.17, 15) is 14.4 Å². The number of anilines is 1. The highest BCUT2D eigenvalue weighted by molar-refractivity contribution is 6.23. The molecule has 3 aliphatic heterocycles. The second-order valence-electron chi connectivity index (χ2n) is 10.2. The number of hydrogen-bond acceptors (Lipinski definition) is 5. The summed E-state index contributed by atoms with van der Waals surface area (Å²) in [7, 11) is 1.62. The number of carbonyl (C=O) groups is 3. The van der Waals surface area contributed by atoms with E-state index in [1.807, 2.05) is 36.4 Å². The number of rotatable bonds is 6. The second kappa shape index (κ2) is 10.3. The Morgan fingerprint density at radius 1 is 1.00 bits per heavy atom. The topological polar surface area (TPSA) is 70.2 Å². The lowest BCUT2D eigenvalue weighted by atomic mass is 9.93. The first-order valence-electron chi connectivity index (χ1n) is 13.2. The third-order valence-corrected chi connectivity index (χ3v) is 7.93. The Hall–Kier alpha value is -3.35. The zero-order valence-electron chi connectivity index (χ0n) is 21.2. The maximum Gasteiger partial charge on any atom is 0.263 e. The van der Waals surface area contributed by atoms with Crippen LogP contribution in [0.2, 0.25) is 0 Å². The highest BCUT2D eigenvalue weighted by Crippen LogP contribution is 2.35. The standard InChI is InChI=1S/C29H35N3O4/c1-20-8-3-4-16-31(20)27(33)22-10-7-15-30(19-22)25-13-6-12-24-26(25)29(35)32(28(24)34)17-14-21-9-5-11-23(18-21)36-2/h5-6,9,11-13,18,20,22H,3-4,7-8,10,14-17,19H2,1-2H3/t20-,22-/m0/s1. The molecule has 0 radical (unpaired) electrons. The minimum Gasteiger partial charge on any atom is -0.497 e. The normalized spacial score (nSPS) is 22.1. The van der Waals surface area contributed by atoms with E-state index >= 15 is 0 Å². The van der Waals surface area contributed by atoms with Crippen molar-refractivity contribution in [3.05, 3.63) is 59.2 Å². The first-order valence-corrected chi connectivity index (χ1v) is 13.2. The summed E-state index contributed by atoms with van der Waals surface area (Å²) in [4.78, 5) is 45.6. The number of methoxy groups -OCH3 is 1. The molecule has 5 rings (SSSR count). The van der Waals surface area contributed by atoms with Crippen molar-refractivity contribution in [1.29, 1.82) is 0 Å². The van der Waals surface area contributed by atoms with Crippen molar-refractivity contribution in [2.75, 3.05) is 38.2 Å². The van der Waals surface area contributed by atoms with Crippen molar-refractivity contribution >= 4 is 23.4 Å². The van der Waals surface area contributed by atoms with E-state index in [-0.39, 0.29) is 23.6 Å². The van der Waals surface area contributed by atoms with Crippen LogP contribution in [0.3, 0.4) is 0 Å². The summed E-state index contributed by atoms with van der Waals surface area (Å²) in [6, 6.07) is 13.5. The molecule has 2 fully saturated rings. The molecule has 190 valence electrons. The van der Waals surface area contributed by atoms with Crippen molar-refractivity contribution < 1.29 is 19.1 Å². The molecular formula is C29H35N3O4. The summed E-state index contributed by atoms with van der Waals surface area (Å²) < 4.78 is 5.29. The smallest absolute Gasteiger partial charge is 0.263 e. The maximum atomic E-state index is 13.5. The number of imide groups is 1. The molecule has 0 N–H and O–H groups in total. The van der Waals surface area contributed by atoms with Gasteiger partial charge in [-0.1, -0.05) is 18.2 Å². The number of fused-ring (bicyclic) bond motifs is 1. The molecule has 2 atom stereocenters. The maximum absolute atomic E-state index is 13.5. The van der Waals surface area contributed by atoms with Crippen molar-refractivity contribution in [3.8, 4) is 5.75 Å². The van der Waals surface area contributed by atoms with E-state index in [4.69, 9.17) is 4.74 Å². The summed E-state index contributed by atoms with van der Waals surface area (Å²) in [5, 5.41) is 0. The largest absolute Gasteiger partial charge is 0.497 e. The molecule has 3 heterocycles. The van der Waals surface area contributed by atoms with E-state index in [1.165, 1.54) is 11.3 Å². The molecule has 0 aliphatic carbocycles. The minimum atomic E-state index is -0.244. The number of ether oxygens (including phenoxy) is 1. The Morgan fingerprint density at radius 2 is 1.83 bits per heavy atom. The van der Waals surface area contributed by atoms with E-state index in [0.717, 1.165) is 55.8 Å². The first-order chi connectivity index (χ1) is 17.5. The molecule has 7 heteroatoms. The molecule has 2 aromatic rings. The fraction of sp³-hybridized carbons (Fsp3) is 0.483. The SMILES string of the molecule is COc1cccc(CCN2C(=O)c3cccc(N4CCC[C@H](C(=O)N5CCCC[C@@H]5C)C4)c3C2=O)c1. The lowest BCUT2D eigenvalue weighted by Crippen LogP contribution is -2.49. The van der Waals surface area contributed by atoms with Crippen molar-refractivity contribution in [1.82, 2.24) is 9.80 Å². The van der Waals surface area contributed by atoms with Gasteiger partial charge < -0.3 is 14.5 Å². The number of piperidine rings is 2. The molecule has 0 saturated carbocycles. The number of amides is 3. The quantitative estimate of drug-likeness (QED) is 0.570. The Balaban J connectivity index is 1.32. The van der Waals surface area contributed by atoms with Crippen LogP contribution in [0.5, 0.6) is 5.75 Å². The summed E-state index contributed by atoms with van der Waals surface area (Å²) in [5.41, 5.74) is 2.73. The summed E-state index contributed by atoms with van der Waals surface area (Å²) in [6.45, 7) is 4.66. The third-order valence-electron chi connectivity index (χ3n) is 7.93. The van der Waals surface area contributed by atoms with Gasteiger partial charge in [0.25, 0.3) is 11.8 Å².